The molecule has 0 amide bonds. The van der Waals surface area contributed by atoms with E-state index in [1.165, 1.54) is 0 Å². The second-order valence-electron chi connectivity index (χ2n) is 2.52. The second kappa shape index (κ2) is 4.54. The number of benzene rings is 1. The second-order valence-corrected chi connectivity index (χ2v) is 5.21. The zero-order valence-corrected chi connectivity index (χ0v) is 9.43. The van der Waals surface area contributed by atoms with Crippen molar-refractivity contribution in [1.29, 1.82) is 5.26 Å². The Bertz CT molecular complexity index is 355. The third-order valence-electron chi connectivity index (χ3n) is 1.55. The van der Waals surface area contributed by atoms with Crippen LogP contribution in [0.5, 0.6) is 0 Å². The molecule has 2 atom stereocenters. The van der Waals surface area contributed by atoms with Crippen molar-refractivity contribution in [1.82, 2.24) is 0 Å². The Hall–Kier alpha value is -0.660. The van der Waals surface area contributed by atoms with Crippen LogP contribution in [0, 0.1) is 11.3 Å². The molecule has 0 aromatic heterocycles. The monoisotopic (exact) mass is 257 g/mol. The smallest absolute Gasteiger partial charge is 0.123 e. The van der Waals surface area contributed by atoms with E-state index in [1.54, 1.807) is 19.1 Å². The average molecular weight is 258 g/mol. The van der Waals surface area contributed by atoms with Crippen LogP contribution < -0.4 is 0 Å². The Morgan fingerprint density at radius 2 is 2.00 bits per heavy atom. The Morgan fingerprint density at radius 3 is 2.46 bits per heavy atom. The average Bonchev–Trinajstić information content (AvgIpc) is 2.17. The summed E-state index contributed by atoms with van der Waals surface area (Å²) in [6.07, 6.45) is 0. The van der Waals surface area contributed by atoms with Gasteiger partial charge in [0, 0.05) is 9.37 Å². The first-order chi connectivity index (χ1) is 6.15. The zero-order valence-electron chi connectivity index (χ0n) is 7.03. The highest BCUT2D eigenvalue weighted by Gasteiger charge is 2.11. The lowest BCUT2D eigenvalue weighted by Gasteiger charge is -2.02. The molecular formula is C9H8BrNOS. The van der Waals surface area contributed by atoms with Crippen LogP contribution in [-0.4, -0.2) is 9.46 Å². The van der Waals surface area contributed by atoms with Crippen molar-refractivity contribution >= 4 is 26.7 Å². The topological polar surface area (TPSA) is 40.9 Å². The van der Waals surface area contributed by atoms with Crippen LogP contribution in [0.4, 0.5) is 0 Å². The summed E-state index contributed by atoms with van der Waals surface area (Å²) < 4.78 is 12.5. The van der Waals surface area contributed by atoms with Crippen LogP contribution in [0.25, 0.3) is 0 Å². The van der Waals surface area contributed by atoms with Crippen LogP contribution in [0.1, 0.15) is 6.92 Å². The summed E-state index contributed by atoms with van der Waals surface area (Å²) >= 11 is 3.28. The van der Waals surface area contributed by atoms with E-state index in [4.69, 9.17) is 5.26 Å². The van der Waals surface area contributed by atoms with Crippen LogP contribution in [0.3, 0.4) is 0 Å². The molecule has 2 unspecified atom stereocenters. The van der Waals surface area contributed by atoms with Gasteiger partial charge in [0.2, 0.25) is 0 Å². The highest BCUT2D eigenvalue weighted by molar-refractivity contribution is 9.10. The molecule has 0 aliphatic rings. The van der Waals surface area contributed by atoms with Crippen LogP contribution in [-0.2, 0) is 10.8 Å². The Labute approximate surface area is 88.2 Å². The van der Waals surface area contributed by atoms with Gasteiger partial charge in [0.25, 0.3) is 0 Å². The minimum Gasteiger partial charge on any atom is -0.253 e. The van der Waals surface area contributed by atoms with Crippen LogP contribution >= 0.6 is 15.9 Å². The van der Waals surface area contributed by atoms with Crippen molar-refractivity contribution in [3.8, 4) is 6.07 Å². The highest BCUT2D eigenvalue weighted by atomic mass is 79.9. The van der Waals surface area contributed by atoms with Crippen LogP contribution in [0.2, 0.25) is 0 Å². The summed E-state index contributed by atoms with van der Waals surface area (Å²) in [6.45, 7) is 1.65. The molecule has 0 aliphatic carbocycles. The fourth-order valence-corrected chi connectivity index (χ4v) is 1.99. The molecule has 0 saturated carbocycles. The Balaban J connectivity index is 2.91. The lowest BCUT2D eigenvalue weighted by atomic mass is 10.4. The van der Waals surface area contributed by atoms with Gasteiger partial charge in [-0.25, -0.2) is 0 Å². The first kappa shape index (κ1) is 10.4. The molecule has 0 spiro atoms. The van der Waals surface area contributed by atoms with Gasteiger partial charge in [-0.05, 0) is 31.2 Å². The number of hydrogen-bond donors (Lipinski definition) is 0. The molecule has 0 heterocycles. The molecule has 4 heteroatoms. The number of nitrogens with zero attached hydrogens (tertiary/aromatic N) is 1. The molecular weight excluding hydrogens is 250 g/mol. The number of nitriles is 1. The maximum atomic E-state index is 11.6. The zero-order chi connectivity index (χ0) is 9.84. The van der Waals surface area contributed by atoms with E-state index < -0.39 is 16.0 Å². The minimum absolute atomic E-state index is 0.457. The molecule has 0 radical (unpaired) electrons. The molecule has 2 nitrogen and oxygen atoms in total. The van der Waals surface area contributed by atoms with Gasteiger partial charge in [0.1, 0.15) is 5.25 Å². The van der Waals surface area contributed by atoms with E-state index in [0.29, 0.717) is 4.90 Å². The molecule has 1 aromatic rings. The predicted octanol–water partition coefficient (Wildman–Crippen LogP) is 2.47. The van der Waals surface area contributed by atoms with E-state index in [1.807, 2.05) is 18.2 Å². The lowest BCUT2D eigenvalue weighted by molar-refractivity contribution is 0.680. The van der Waals surface area contributed by atoms with Gasteiger partial charge in [-0.1, -0.05) is 15.9 Å². The van der Waals surface area contributed by atoms with Gasteiger partial charge in [0.05, 0.1) is 16.9 Å². The van der Waals surface area contributed by atoms with Gasteiger partial charge in [-0.15, -0.1) is 0 Å². The first-order valence-corrected chi connectivity index (χ1v) is 5.71. The van der Waals surface area contributed by atoms with Crippen molar-refractivity contribution in [2.24, 2.45) is 0 Å². The molecule has 1 rings (SSSR count). The maximum Gasteiger partial charge on any atom is 0.123 e. The molecule has 0 N–H and O–H groups in total. The Kier molecular flexibility index (Phi) is 3.64. The van der Waals surface area contributed by atoms with E-state index in [-0.39, 0.29) is 0 Å². The number of hydrogen-bond acceptors (Lipinski definition) is 2. The molecule has 0 fully saturated rings. The Morgan fingerprint density at radius 1 is 1.46 bits per heavy atom. The van der Waals surface area contributed by atoms with Crippen molar-refractivity contribution in [3.63, 3.8) is 0 Å². The molecule has 0 saturated heterocycles. The summed E-state index contributed by atoms with van der Waals surface area (Å²) in [4.78, 5) is 0.692. The van der Waals surface area contributed by atoms with Crippen molar-refractivity contribution in [2.75, 3.05) is 0 Å². The molecule has 0 bridgehead atoms. The van der Waals surface area contributed by atoms with E-state index in [9.17, 15) is 4.21 Å². The largest absolute Gasteiger partial charge is 0.253 e. The maximum absolute atomic E-state index is 11.6. The summed E-state index contributed by atoms with van der Waals surface area (Å²) in [5.41, 5.74) is 0. The van der Waals surface area contributed by atoms with Gasteiger partial charge >= 0.3 is 0 Å². The summed E-state index contributed by atoms with van der Waals surface area (Å²) in [5.74, 6) is 0. The van der Waals surface area contributed by atoms with E-state index in [2.05, 4.69) is 15.9 Å². The molecule has 68 valence electrons. The third-order valence-corrected chi connectivity index (χ3v) is 3.56. The normalized spacial score (nSPS) is 14.5. The van der Waals surface area contributed by atoms with Crippen molar-refractivity contribution in [3.05, 3.63) is 28.7 Å². The summed E-state index contributed by atoms with van der Waals surface area (Å²) in [6, 6.07) is 9.12. The van der Waals surface area contributed by atoms with E-state index >= 15 is 0 Å². The van der Waals surface area contributed by atoms with Gasteiger partial charge in [-0.2, -0.15) is 5.26 Å². The van der Waals surface area contributed by atoms with Crippen LogP contribution in [0.15, 0.2) is 33.6 Å². The molecule has 1 aromatic carbocycles. The van der Waals surface area contributed by atoms with Gasteiger partial charge in [0.15, 0.2) is 0 Å². The standard InChI is InChI=1S/C9H8BrNOS/c1-7(6-11)13(12)9-4-2-8(10)3-5-9/h2-5,7H,1H3. The first-order valence-electron chi connectivity index (χ1n) is 3.71. The van der Waals surface area contributed by atoms with E-state index in [0.717, 1.165) is 4.47 Å². The molecule has 0 aliphatic heterocycles. The van der Waals surface area contributed by atoms with Crippen molar-refractivity contribution in [2.45, 2.75) is 17.1 Å². The summed E-state index contributed by atoms with van der Waals surface area (Å²) in [5, 5.41) is 8.11. The fraction of sp³-hybridized carbons (Fsp3) is 0.222. The number of rotatable bonds is 2. The quantitative estimate of drug-likeness (QED) is 0.817. The van der Waals surface area contributed by atoms with Crippen molar-refractivity contribution < 1.29 is 4.21 Å². The lowest BCUT2D eigenvalue weighted by Crippen LogP contribution is -2.07. The number of halogens is 1. The molecule has 13 heavy (non-hydrogen) atoms. The predicted molar refractivity (Wildman–Crippen MR) is 55.6 cm³/mol. The third kappa shape index (κ3) is 2.64. The van der Waals surface area contributed by atoms with Gasteiger partial charge in [-0.3, -0.25) is 4.21 Å². The minimum atomic E-state index is -1.22. The SMILES string of the molecule is CC(C#N)S(=O)c1ccc(Br)cc1. The highest BCUT2D eigenvalue weighted by Crippen LogP contribution is 2.15. The summed E-state index contributed by atoms with van der Waals surface area (Å²) in [7, 11) is -1.22. The van der Waals surface area contributed by atoms with Gasteiger partial charge < -0.3 is 0 Å². The fourth-order valence-electron chi connectivity index (χ4n) is 0.821.